The topological polar surface area (TPSA) is 103 Å². The molecule has 0 aliphatic heterocycles. The van der Waals surface area contributed by atoms with Gasteiger partial charge in [-0.05, 0) is 77.6 Å². The number of anilines is 1. The number of hydrogen-bond acceptors (Lipinski definition) is 5. The molecule has 0 bridgehead atoms. The van der Waals surface area contributed by atoms with Crippen molar-refractivity contribution in [3.8, 4) is 0 Å². The number of benzene rings is 2. The number of carbonyl (C=O) groups excluding carboxylic acids is 1. The molecule has 8 nitrogen and oxygen atoms in total. The molecule has 0 spiro atoms. The second-order valence-corrected chi connectivity index (χ2v) is 13.0. The molecule has 1 saturated carbocycles. The van der Waals surface area contributed by atoms with E-state index in [1.807, 2.05) is 0 Å². The zero-order chi connectivity index (χ0) is 30.6. The monoisotopic (exact) mass is 587 g/mol. The highest BCUT2D eigenvalue weighted by Crippen LogP contribution is 2.58. The number of amides is 2. The summed E-state index contributed by atoms with van der Waals surface area (Å²) in [4.78, 5) is 11.7. The molecule has 11 heteroatoms. The highest BCUT2D eigenvalue weighted by atomic mass is 32.2. The van der Waals surface area contributed by atoms with Crippen LogP contribution in [0.2, 0.25) is 0 Å². The van der Waals surface area contributed by atoms with Crippen LogP contribution in [0.1, 0.15) is 46.1 Å². The first-order valence-corrected chi connectivity index (χ1v) is 14.9. The summed E-state index contributed by atoms with van der Waals surface area (Å²) in [5.74, 6) is -1.58. The van der Waals surface area contributed by atoms with Gasteiger partial charge in [0.1, 0.15) is 11.6 Å². The van der Waals surface area contributed by atoms with Crippen molar-refractivity contribution in [2.75, 3.05) is 32.5 Å². The standard InChI is InChI=1S/C30H39F2N5O3S/c1-8-37(41(39,40)22-14-12-21(13-15-22)35-28(38)33-6)19-30(5)17-16-23(29(30,3)4)20(2)18-26(36-34-7)27-24(31)10-9-11-25(27)32/h9-15,18,23H,2,8,16-17,19H2,1,3-7H3,(H2,33,35,38)/b26-18-,36-34-. The Morgan fingerprint density at radius 1 is 1.15 bits per heavy atom. The van der Waals surface area contributed by atoms with Crippen molar-refractivity contribution in [3.05, 3.63) is 77.9 Å². The maximum atomic E-state index is 14.6. The van der Waals surface area contributed by atoms with E-state index in [4.69, 9.17) is 0 Å². The minimum atomic E-state index is -3.83. The Balaban J connectivity index is 1.87. The zero-order valence-electron chi connectivity index (χ0n) is 24.5. The molecule has 1 aliphatic rings. The quantitative estimate of drug-likeness (QED) is 0.235. The van der Waals surface area contributed by atoms with Crippen LogP contribution in [-0.2, 0) is 10.0 Å². The number of azo groups is 1. The molecule has 0 saturated heterocycles. The van der Waals surface area contributed by atoms with Gasteiger partial charge < -0.3 is 10.6 Å². The van der Waals surface area contributed by atoms with E-state index in [-0.39, 0.29) is 35.2 Å². The van der Waals surface area contributed by atoms with E-state index < -0.39 is 38.5 Å². The summed E-state index contributed by atoms with van der Waals surface area (Å²) in [6.45, 7) is 12.8. The summed E-state index contributed by atoms with van der Waals surface area (Å²) >= 11 is 0. The van der Waals surface area contributed by atoms with Crippen molar-refractivity contribution in [2.45, 2.75) is 45.4 Å². The average molecular weight is 588 g/mol. The van der Waals surface area contributed by atoms with Crippen LogP contribution in [0, 0.1) is 28.4 Å². The maximum Gasteiger partial charge on any atom is 0.318 e. The predicted octanol–water partition coefficient (Wildman–Crippen LogP) is 6.85. The summed E-state index contributed by atoms with van der Waals surface area (Å²) < 4.78 is 57.9. The fourth-order valence-electron chi connectivity index (χ4n) is 5.58. The molecule has 2 amide bonds. The summed E-state index contributed by atoms with van der Waals surface area (Å²) in [5.41, 5.74) is 0.0408. The first-order valence-electron chi connectivity index (χ1n) is 13.5. The second-order valence-electron chi connectivity index (χ2n) is 11.0. The van der Waals surface area contributed by atoms with Gasteiger partial charge >= 0.3 is 6.03 Å². The van der Waals surface area contributed by atoms with Crippen LogP contribution in [0.25, 0.3) is 5.70 Å². The lowest BCUT2D eigenvalue weighted by Gasteiger charge is -2.44. The first kappa shape index (κ1) is 32.1. The lowest BCUT2D eigenvalue weighted by Crippen LogP contribution is -2.46. The number of carbonyl (C=O) groups is 1. The van der Waals surface area contributed by atoms with Crippen LogP contribution in [0.3, 0.4) is 0 Å². The van der Waals surface area contributed by atoms with Crippen molar-refractivity contribution < 1.29 is 22.0 Å². The minimum absolute atomic E-state index is 0.0459. The fourth-order valence-corrected chi connectivity index (χ4v) is 7.16. The number of nitrogens with one attached hydrogen (secondary N) is 2. The van der Waals surface area contributed by atoms with Gasteiger partial charge in [-0.25, -0.2) is 22.0 Å². The molecule has 1 aliphatic carbocycles. The summed E-state index contributed by atoms with van der Waals surface area (Å²) in [5, 5.41) is 12.8. The van der Waals surface area contributed by atoms with Crippen LogP contribution in [0.5, 0.6) is 0 Å². The second kappa shape index (κ2) is 12.6. The Kier molecular flexibility index (Phi) is 9.86. The van der Waals surface area contributed by atoms with Gasteiger partial charge in [-0.2, -0.15) is 14.5 Å². The third-order valence-electron chi connectivity index (χ3n) is 8.46. The summed E-state index contributed by atoms with van der Waals surface area (Å²) in [7, 11) is -0.906. The summed E-state index contributed by atoms with van der Waals surface area (Å²) in [6, 6.07) is 9.28. The molecule has 222 valence electrons. The predicted molar refractivity (Wildman–Crippen MR) is 158 cm³/mol. The third-order valence-corrected chi connectivity index (χ3v) is 10.4. The van der Waals surface area contributed by atoms with E-state index in [1.165, 1.54) is 48.7 Å². The van der Waals surface area contributed by atoms with E-state index in [9.17, 15) is 22.0 Å². The molecular formula is C30H39F2N5O3S. The highest BCUT2D eigenvalue weighted by Gasteiger charge is 2.53. The Morgan fingerprint density at radius 3 is 2.29 bits per heavy atom. The molecule has 1 fully saturated rings. The van der Waals surface area contributed by atoms with Crippen molar-refractivity contribution in [1.82, 2.24) is 9.62 Å². The number of allylic oxidation sites excluding steroid dienone is 2. The molecule has 2 atom stereocenters. The van der Waals surface area contributed by atoms with Crippen molar-refractivity contribution in [1.29, 1.82) is 0 Å². The van der Waals surface area contributed by atoms with Crippen molar-refractivity contribution in [2.24, 2.45) is 27.0 Å². The average Bonchev–Trinajstić information content (AvgIpc) is 3.15. The van der Waals surface area contributed by atoms with E-state index in [2.05, 4.69) is 48.2 Å². The van der Waals surface area contributed by atoms with E-state index >= 15 is 0 Å². The molecule has 2 aromatic carbocycles. The van der Waals surface area contributed by atoms with Crippen LogP contribution < -0.4 is 10.6 Å². The minimum Gasteiger partial charge on any atom is -0.341 e. The largest absolute Gasteiger partial charge is 0.341 e. The van der Waals surface area contributed by atoms with Gasteiger partial charge in [0.2, 0.25) is 10.0 Å². The van der Waals surface area contributed by atoms with Crippen LogP contribution in [0.15, 0.2) is 75.8 Å². The van der Waals surface area contributed by atoms with Gasteiger partial charge in [-0.1, -0.05) is 40.3 Å². The van der Waals surface area contributed by atoms with Crippen molar-refractivity contribution >= 4 is 27.4 Å². The highest BCUT2D eigenvalue weighted by molar-refractivity contribution is 7.89. The molecule has 0 radical (unpaired) electrons. The number of rotatable bonds is 10. The molecule has 2 unspecified atom stereocenters. The van der Waals surface area contributed by atoms with Crippen LogP contribution in [-0.4, -0.2) is 45.9 Å². The Labute approximate surface area is 241 Å². The fraction of sp³-hybridized carbons (Fsp3) is 0.433. The lowest BCUT2D eigenvalue weighted by atomic mass is 9.64. The lowest BCUT2D eigenvalue weighted by molar-refractivity contribution is 0.0803. The number of nitrogens with zero attached hydrogens (tertiary/aromatic N) is 3. The zero-order valence-corrected chi connectivity index (χ0v) is 25.3. The molecule has 41 heavy (non-hydrogen) atoms. The molecule has 0 heterocycles. The Morgan fingerprint density at radius 2 is 1.76 bits per heavy atom. The first-order chi connectivity index (χ1) is 19.2. The maximum absolute atomic E-state index is 14.6. The smallest absolute Gasteiger partial charge is 0.318 e. The van der Waals surface area contributed by atoms with E-state index in [0.717, 1.165) is 6.42 Å². The van der Waals surface area contributed by atoms with Crippen LogP contribution in [0.4, 0.5) is 19.3 Å². The Bertz CT molecular complexity index is 1430. The van der Waals surface area contributed by atoms with Crippen molar-refractivity contribution in [3.63, 3.8) is 0 Å². The van der Waals surface area contributed by atoms with Gasteiger partial charge in [-0.15, -0.1) is 0 Å². The van der Waals surface area contributed by atoms with Crippen LogP contribution >= 0.6 is 0 Å². The van der Waals surface area contributed by atoms with Gasteiger partial charge in [0.25, 0.3) is 0 Å². The van der Waals surface area contributed by atoms with Gasteiger partial charge in [0.05, 0.1) is 16.2 Å². The van der Waals surface area contributed by atoms with Gasteiger partial charge in [-0.3, -0.25) is 0 Å². The summed E-state index contributed by atoms with van der Waals surface area (Å²) in [6.07, 6.45) is 3.01. The molecule has 0 aromatic heterocycles. The number of hydrogen-bond donors (Lipinski definition) is 2. The van der Waals surface area contributed by atoms with Gasteiger partial charge in [0, 0.05) is 32.9 Å². The van der Waals surface area contributed by atoms with E-state index in [1.54, 1.807) is 25.1 Å². The van der Waals surface area contributed by atoms with Gasteiger partial charge in [0.15, 0.2) is 0 Å². The number of urea groups is 1. The van der Waals surface area contributed by atoms with E-state index in [0.29, 0.717) is 17.7 Å². The number of halogens is 2. The molecular weight excluding hydrogens is 548 g/mol. The Hall–Kier alpha value is -3.44. The normalized spacial score (nSPS) is 20.9. The SMILES string of the molecule is C=C(/C=C(\N=N/C)c1c(F)cccc1F)C1CCC(C)(CN(CC)S(=O)(=O)c2ccc(NC(=O)NC)cc2)C1(C)C. The molecule has 2 aromatic rings. The third kappa shape index (κ3) is 6.56. The number of sulfonamides is 1. The molecule has 3 rings (SSSR count). The molecule has 2 N–H and O–H groups in total.